The van der Waals surface area contributed by atoms with E-state index in [2.05, 4.69) is 23.5 Å². The quantitative estimate of drug-likeness (QED) is 0.908. The van der Waals surface area contributed by atoms with Crippen LogP contribution < -0.4 is 10.1 Å². The average Bonchev–Trinajstić information content (AvgIpc) is 2.53. The predicted molar refractivity (Wildman–Crippen MR) is 90.3 cm³/mol. The molecule has 1 aliphatic heterocycles. The largest absolute Gasteiger partial charge is 0.492 e. The summed E-state index contributed by atoms with van der Waals surface area (Å²) in [6.45, 7) is 0.720. The van der Waals surface area contributed by atoms with Crippen molar-refractivity contribution in [2.45, 2.75) is 17.0 Å². The van der Waals surface area contributed by atoms with Crippen LogP contribution in [0.25, 0.3) is 0 Å². The van der Waals surface area contributed by atoms with Gasteiger partial charge in [0, 0.05) is 16.3 Å². The molecule has 21 heavy (non-hydrogen) atoms. The monoisotopic (exact) mass is 319 g/mol. The molecule has 3 rings (SSSR count). The lowest BCUT2D eigenvalue weighted by Crippen LogP contribution is -2.35. The molecule has 0 amide bonds. The first-order valence-electron chi connectivity index (χ1n) is 7.03. The van der Waals surface area contributed by atoms with Crippen LogP contribution in [0.15, 0.2) is 48.5 Å². The van der Waals surface area contributed by atoms with E-state index in [4.69, 9.17) is 16.3 Å². The second-order valence-electron chi connectivity index (χ2n) is 5.06. The fourth-order valence-corrected chi connectivity index (χ4v) is 4.20. The highest BCUT2D eigenvalue weighted by atomic mass is 35.5. The lowest BCUT2D eigenvalue weighted by molar-refractivity contribution is 0.265. The van der Waals surface area contributed by atoms with Crippen molar-refractivity contribution in [2.75, 3.05) is 13.7 Å². The number of thioether (sulfide) groups is 1. The van der Waals surface area contributed by atoms with Gasteiger partial charge in [-0.2, -0.15) is 0 Å². The molecule has 0 aromatic heterocycles. The molecule has 0 saturated carbocycles. The van der Waals surface area contributed by atoms with Crippen LogP contribution in [-0.2, 0) is 5.75 Å². The van der Waals surface area contributed by atoms with Gasteiger partial charge in [-0.1, -0.05) is 48.0 Å². The van der Waals surface area contributed by atoms with Gasteiger partial charge in [-0.25, -0.2) is 0 Å². The van der Waals surface area contributed by atoms with Crippen molar-refractivity contribution < 1.29 is 4.74 Å². The molecular formula is C17H18ClNOS. The van der Waals surface area contributed by atoms with Crippen LogP contribution in [0.2, 0.25) is 5.02 Å². The molecule has 1 heterocycles. The third-order valence-corrected chi connectivity index (χ3v) is 5.43. The van der Waals surface area contributed by atoms with Crippen molar-refractivity contribution in [3.63, 3.8) is 0 Å². The SMILES string of the molecule is CNC1c2ccccc2OCC1SCc1ccccc1Cl. The molecule has 2 atom stereocenters. The number of benzene rings is 2. The molecule has 2 unspecified atom stereocenters. The smallest absolute Gasteiger partial charge is 0.124 e. The summed E-state index contributed by atoms with van der Waals surface area (Å²) in [5.74, 6) is 1.89. The van der Waals surface area contributed by atoms with Crippen LogP contribution in [0.3, 0.4) is 0 Å². The number of ether oxygens (including phenoxy) is 1. The van der Waals surface area contributed by atoms with Crippen molar-refractivity contribution in [1.29, 1.82) is 0 Å². The Kier molecular flexibility index (Phi) is 4.73. The van der Waals surface area contributed by atoms with Crippen LogP contribution in [0.4, 0.5) is 0 Å². The molecule has 0 aliphatic carbocycles. The molecule has 0 spiro atoms. The van der Waals surface area contributed by atoms with Crippen LogP contribution in [0.5, 0.6) is 5.75 Å². The molecule has 2 aromatic carbocycles. The summed E-state index contributed by atoms with van der Waals surface area (Å²) < 4.78 is 5.89. The molecule has 4 heteroatoms. The molecule has 1 N–H and O–H groups in total. The first-order chi connectivity index (χ1) is 10.3. The van der Waals surface area contributed by atoms with Crippen molar-refractivity contribution in [3.05, 3.63) is 64.7 Å². The summed E-state index contributed by atoms with van der Waals surface area (Å²) in [5.41, 5.74) is 2.42. The lowest BCUT2D eigenvalue weighted by atomic mass is 10.0. The van der Waals surface area contributed by atoms with Crippen LogP contribution >= 0.6 is 23.4 Å². The third-order valence-electron chi connectivity index (χ3n) is 3.75. The Bertz CT molecular complexity index is 619. The number of halogens is 1. The minimum atomic E-state index is 0.308. The maximum Gasteiger partial charge on any atom is 0.124 e. The van der Waals surface area contributed by atoms with Crippen LogP contribution in [0.1, 0.15) is 17.2 Å². The van der Waals surface area contributed by atoms with Gasteiger partial charge < -0.3 is 10.1 Å². The molecule has 1 aliphatic rings. The van der Waals surface area contributed by atoms with Gasteiger partial charge >= 0.3 is 0 Å². The molecule has 110 valence electrons. The molecule has 0 saturated heterocycles. The summed E-state index contributed by atoms with van der Waals surface area (Å²) in [6.07, 6.45) is 0. The predicted octanol–water partition coefficient (Wildman–Crippen LogP) is 4.29. The third kappa shape index (κ3) is 3.20. The zero-order valence-electron chi connectivity index (χ0n) is 11.9. The van der Waals surface area contributed by atoms with E-state index >= 15 is 0 Å². The van der Waals surface area contributed by atoms with Gasteiger partial charge in [0.1, 0.15) is 12.4 Å². The molecule has 0 bridgehead atoms. The minimum absolute atomic E-state index is 0.308. The Labute approximate surface area is 134 Å². The second kappa shape index (κ2) is 6.73. The molecular weight excluding hydrogens is 302 g/mol. The topological polar surface area (TPSA) is 21.3 Å². The van der Waals surface area contributed by atoms with Gasteiger partial charge in [0.05, 0.1) is 11.3 Å². The molecule has 0 radical (unpaired) electrons. The zero-order valence-corrected chi connectivity index (χ0v) is 13.5. The fourth-order valence-electron chi connectivity index (χ4n) is 2.64. The summed E-state index contributed by atoms with van der Waals surface area (Å²) in [4.78, 5) is 0. The number of hydrogen-bond donors (Lipinski definition) is 1. The maximum atomic E-state index is 6.23. The number of nitrogens with one attached hydrogen (secondary N) is 1. The Hall–Kier alpha value is -1.16. The Morgan fingerprint density at radius 1 is 1.19 bits per heavy atom. The van der Waals surface area contributed by atoms with E-state index in [9.17, 15) is 0 Å². The minimum Gasteiger partial charge on any atom is -0.492 e. The summed E-state index contributed by atoms with van der Waals surface area (Å²) >= 11 is 8.12. The zero-order chi connectivity index (χ0) is 14.7. The fraction of sp³-hybridized carbons (Fsp3) is 0.294. The van der Waals surface area contributed by atoms with E-state index in [1.807, 2.05) is 49.1 Å². The van der Waals surface area contributed by atoms with E-state index in [1.165, 1.54) is 11.1 Å². The van der Waals surface area contributed by atoms with Crippen molar-refractivity contribution in [1.82, 2.24) is 5.32 Å². The molecule has 0 fully saturated rings. The summed E-state index contributed by atoms with van der Waals surface area (Å²) in [7, 11) is 2.01. The maximum absolute atomic E-state index is 6.23. The summed E-state index contributed by atoms with van der Waals surface area (Å²) in [6, 6.07) is 16.6. The number of rotatable bonds is 4. The standard InChI is InChI=1S/C17H18ClNOS/c1-19-17-13-7-3-5-9-15(13)20-10-16(17)21-11-12-6-2-4-8-14(12)18/h2-9,16-17,19H,10-11H2,1H3. The number of fused-ring (bicyclic) bond motifs is 1. The van der Waals surface area contributed by atoms with E-state index in [0.29, 0.717) is 11.3 Å². The van der Waals surface area contributed by atoms with Gasteiger partial charge in [0.15, 0.2) is 0 Å². The Morgan fingerprint density at radius 3 is 2.76 bits per heavy atom. The molecule has 2 aromatic rings. The van der Waals surface area contributed by atoms with Crippen molar-refractivity contribution in [3.8, 4) is 5.75 Å². The highest BCUT2D eigenvalue weighted by Gasteiger charge is 2.29. The molecule has 2 nitrogen and oxygen atoms in total. The van der Waals surface area contributed by atoms with E-state index < -0.39 is 0 Å². The lowest BCUT2D eigenvalue weighted by Gasteiger charge is -2.33. The van der Waals surface area contributed by atoms with Crippen molar-refractivity contribution in [2.24, 2.45) is 0 Å². The van der Waals surface area contributed by atoms with Gasteiger partial charge in [-0.05, 0) is 24.7 Å². The van der Waals surface area contributed by atoms with Crippen molar-refractivity contribution >= 4 is 23.4 Å². The Morgan fingerprint density at radius 2 is 1.95 bits per heavy atom. The van der Waals surface area contributed by atoms with E-state index in [-0.39, 0.29) is 0 Å². The number of para-hydroxylation sites is 1. The van der Waals surface area contributed by atoms with Crippen LogP contribution in [0, 0.1) is 0 Å². The number of hydrogen-bond acceptors (Lipinski definition) is 3. The average molecular weight is 320 g/mol. The first kappa shape index (κ1) is 14.8. The highest BCUT2D eigenvalue weighted by Crippen LogP contribution is 2.38. The van der Waals surface area contributed by atoms with Crippen LogP contribution in [-0.4, -0.2) is 18.9 Å². The first-order valence-corrected chi connectivity index (χ1v) is 8.46. The summed E-state index contributed by atoms with van der Waals surface area (Å²) in [5, 5.41) is 4.64. The van der Waals surface area contributed by atoms with Gasteiger partial charge in [0.25, 0.3) is 0 Å². The highest BCUT2D eigenvalue weighted by molar-refractivity contribution is 7.99. The van der Waals surface area contributed by atoms with Gasteiger partial charge in [-0.3, -0.25) is 0 Å². The van der Waals surface area contributed by atoms with E-state index in [1.54, 1.807) is 0 Å². The van der Waals surface area contributed by atoms with E-state index in [0.717, 1.165) is 23.1 Å². The second-order valence-corrected chi connectivity index (χ2v) is 6.69. The van der Waals surface area contributed by atoms with Gasteiger partial charge in [-0.15, -0.1) is 11.8 Å². The normalized spacial score (nSPS) is 20.7. The van der Waals surface area contributed by atoms with Gasteiger partial charge in [0.2, 0.25) is 0 Å². The Balaban J connectivity index is 1.73.